The number of hydrogen-bond donors (Lipinski definition) is 2. The van der Waals surface area contributed by atoms with Crippen LogP contribution in [0, 0.1) is 6.92 Å². The zero-order chi connectivity index (χ0) is 21.4. The number of carbonyl (C=O) groups is 2. The Labute approximate surface area is 171 Å². The number of carbonyl (C=O) groups excluding carboxylic acids is 2. The predicted molar refractivity (Wildman–Crippen MR) is 111 cm³/mol. The number of aryl methyl sites for hydroxylation is 1. The van der Waals surface area contributed by atoms with E-state index >= 15 is 0 Å². The Morgan fingerprint density at radius 3 is 2.24 bits per heavy atom. The summed E-state index contributed by atoms with van der Waals surface area (Å²) in [5.74, 6) is -0.938. The summed E-state index contributed by atoms with van der Waals surface area (Å²) in [6.07, 6.45) is 1.68. The third-order valence-corrected chi connectivity index (χ3v) is 5.57. The molecule has 0 heterocycles. The topological polar surface area (TPSA) is 102 Å². The highest BCUT2D eigenvalue weighted by Crippen LogP contribution is 2.17. The number of esters is 1. The monoisotopic (exact) mass is 418 g/mol. The van der Waals surface area contributed by atoms with Crippen molar-refractivity contribution in [2.24, 2.45) is 0 Å². The second kappa shape index (κ2) is 10.1. The number of rotatable bonds is 9. The Kier molecular flexibility index (Phi) is 7.78. The van der Waals surface area contributed by atoms with Gasteiger partial charge in [0.1, 0.15) is 6.04 Å². The summed E-state index contributed by atoms with van der Waals surface area (Å²) in [5, 5.41) is 2.57. The summed E-state index contributed by atoms with van der Waals surface area (Å²) in [4.78, 5) is 24.3. The Morgan fingerprint density at radius 2 is 1.66 bits per heavy atom. The van der Waals surface area contributed by atoms with Crippen LogP contribution >= 0.6 is 0 Å². The van der Waals surface area contributed by atoms with Gasteiger partial charge in [-0.05, 0) is 56.7 Å². The molecule has 2 rings (SSSR count). The van der Waals surface area contributed by atoms with E-state index in [1.807, 2.05) is 13.8 Å². The lowest BCUT2D eigenvalue weighted by atomic mass is 10.2. The van der Waals surface area contributed by atoms with E-state index in [0.29, 0.717) is 17.9 Å². The van der Waals surface area contributed by atoms with Crippen LogP contribution in [0.15, 0.2) is 53.4 Å². The molecule has 0 spiro atoms. The van der Waals surface area contributed by atoms with E-state index in [4.69, 9.17) is 4.74 Å². The van der Waals surface area contributed by atoms with Crippen molar-refractivity contribution in [2.45, 2.75) is 44.6 Å². The highest BCUT2D eigenvalue weighted by atomic mass is 32.2. The Hall–Kier alpha value is -2.87. The number of nitrogens with one attached hydrogen (secondary N) is 2. The van der Waals surface area contributed by atoms with Gasteiger partial charge in [-0.3, -0.25) is 9.52 Å². The fourth-order valence-electron chi connectivity index (χ4n) is 2.40. The zero-order valence-corrected chi connectivity index (χ0v) is 17.6. The molecule has 156 valence electrons. The molecule has 7 nitrogen and oxygen atoms in total. The molecule has 0 fully saturated rings. The molecule has 2 aromatic carbocycles. The molecule has 2 N–H and O–H groups in total. The minimum Gasteiger partial charge on any atom is -0.464 e. The fraction of sp³-hybridized carbons (Fsp3) is 0.333. The Morgan fingerprint density at radius 1 is 1.03 bits per heavy atom. The van der Waals surface area contributed by atoms with Gasteiger partial charge in [-0.15, -0.1) is 0 Å². The number of amides is 1. The van der Waals surface area contributed by atoms with E-state index in [1.54, 1.807) is 19.1 Å². The zero-order valence-electron chi connectivity index (χ0n) is 16.8. The lowest BCUT2D eigenvalue weighted by molar-refractivity contribution is -0.145. The number of hydrogen-bond acceptors (Lipinski definition) is 5. The van der Waals surface area contributed by atoms with Crippen LogP contribution in [0.1, 0.15) is 42.6 Å². The number of unbranched alkanes of at least 4 members (excludes halogenated alkanes) is 1. The molecular formula is C21H26N2O5S. The van der Waals surface area contributed by atoms with Gasteiger partial charge < -0.3 is 10.1 Å². The number of anilines is 1. The van der Waals surface area contributed by atoms with Crippen LogP contribution in [0.3, 0.4) is 0 Å². The number of sulfonamides is 1. The molecule has 0 aliphatic rings. The maximum atomic E-state index is 12.4. The smallest absolute Gasteiger partial charge is 0.328 e. The van der Waals surface area contributed by atoms with E-state index in [0.717, 1.165) is 18.4 Å². The third kappa shape index (κ3) is 6.60. The van der Waals surface area contributed by atoms with Gasteiger partial charge in [0.25, 0.3) is 15.9 Å². The molecule has 0 saturated heterocycles. The van der Waals surface area contributed by atoms with Gasteiger partial charge in [-0.1, -0.05) is 31.0 Å². The van der Waals surface area contributed by atoms with Crippen molar-refractivity contribution < 1.29 is 22.7 Å². The highest BCUT2D eigenvalue weighted by Gasteiger charge is 2.18. The molecule has 0 aliphatic heterocycles. The highest BCUT2D eigenvalue weighted by molar-refractivity contribution is 7.92. The maximum Gasteiger partial charge on any atom is 0.328 e. The van der Waals surface area contributed by atoms with Gasteiger partial charge in [-0.25, -0.2) is 13.2 Å². The summed E-state index contributed by atoms with van der Waals surface area (Å²) in [6.45, 7) is 5.74. The summed E-state index contributed by atoms with van der Waals surface area (Å²) in [6, 6.07) is 11.7. The average molecular weight is 419 g/mol. The molecule has 0 aliphatic carbocycles. The van der Waals surface area contributed by atoms with Crippen molar-refractivity contribution in [1.29, 1.82) is 0 Å². The fourth-order valence-corrected chi connectivity index (χ4v) is 3.46. The molecular weight excluding hydrogens is 392 g/mol. The number of ether oxygens (including phenoxy) is 1. The van der Waals surface area contributed by atoms with Gasteiger partial charge in [0.05, 0.1) is 11.5 Å². The molecule has 8 heteroatoms. The largest absolute Gasteiger partial charge is 0.464 e. The van der Waals surface area contributed by atoms with E-state index in [-0.39, 0.29) is 4.90 Å². The minimum absolute atomic E-state index is 0.153. The van der Waals surface area contributed by atoms with Gasteiger partial charge in [-0.2, -0.15) is 0 Å². The lowest BCUT2D eigenvalue weighted by Gasteiger charge is -2.14. The van der Waals surface area contributed by atoms with Gasteiger partial charge >= 0.3 is 5.97 Å². The van der Waals surface area contributed by atoms with E-state index < -0.39 is 27.9 Å². The summed E-state index contributed by atoms with van der Waals surface area (Å²) in [5.41, 5.74) is 1.59. The maximum absolute atomic E-state index is 12.4. The van der Waals surface area contributed by atoms with Crippen LogP contribution in [0.25, 0.3) is 0 Å². The van der Waals surface area contributed by atoms with Crippen molar-refractivity contribution >= 4 is 27.6 Å². The SMILES string of the molecule is CCCCOC(=O)[C@H](C)NC(=O)c1ccc(NS(=O)(=O)c2ccc(C)cc2)cc1. The molecule has 0 saturated carbocycles. The predicted octanol–water partition coefficient (Wildman–Crippen LogP) is 3.26. The van der Waals surface area contributed by atoms with E-state index in [1.165, 1.54) is 36.4 Å². The first-order chi connectivity index (χ1) is 13.7. The molecule has 0 radical (unpaired) electrons. The number of benzene rings is 2. The molecule has 29 heavy (non-hydrogen) atoms. The summed E-state index contributed by atoms with van der Waals surface area (Å²) >= 11 is 0. The minimum atomic E-state index is -3.72. The van der Waals surface area contributed by atoms with Gasteiger partial charge in [0.15, 0.2) is 0 Å². The molecule has 1 amide bonds. The van der Waals surface area contributed by atoms with Gasteiger partial charge in [0, 0.05) is 11.3 Å². The Balaban J connectivity index is 1.97. The van der Waals surface area contributed by atoms with E-state index in [9.17, 15) is 18.0 Å². The van der Waals surface area contributed by atoms with Crippen LogP contribution in [-0.4, -0.2) is 32.9 Å². The quantitative estimate of drug-likeness (QED) is 0.481. The van der Waals surface area contributed by atoms with Gasteiger partial charge in [0.2, 0.25) is 0 Å². The van der Waals surface area contributed by atoms with Crippen molar-refractivity contribution in [3.8, 4) is 0 Å². The van der Waals surface area contributed by atoms with Crippen LogP contribution in [-0.2, 0) is 19.6 Å². The second-order valence-corrected chi connectivity index (χ2v) is 8.39. The van der Waals surface area contributed by atoms with Crippen LogP contribution in [0.5, 0.6) is 0 Å². The van der Waals surface area contributed by atoms with Crippen LogP contribution in [0.4, 0.5) is 5.69 Å². The first-order valence-electron chi connectivity index (χ1n) is 9.40. The van der Waals surface area contributed by atoms with Crippen molar-refractivity contribution in [3.63, 3.8) is 0 Å². The Bertz CT molecular complexity index is 938. The average Bonchev–Trinajstić information content (AvgIpc) is 2.68. The van der Waals surface area contributed by atoms with Crippen molar-refractivity contribution in [2.75, 3.05) is 11.3 Å². The summed E-state index contributed by atoms with van der Waals surface area (Å²) in [7, 11) is -3.72. The third-order valence-electron chi connectivity index (χ3n) is 4.17. The molecule has 2 aromatic rings. The van der Waals surface area contributed by atoms with Crippen molar-refractivity contribution in [3.05, 3.63) is 59.7 Å². The van der Waals surface area contributed by atoms with Crippen LogP contribution in [0.2, 0.25) is 0 Å². The molecule has 0 aromatic heterocycles. The molecule has 1 atom stereocenters. The second-order valence-electron chi connectivity index (χ2n) is 6.71. The standard InChI is InChI=1S/C21H26N2O5S/c1-4-5-14-28-21(25)16(3)22-20(24)17-8-10-18(11-9-17)23-29(26,27)19-12-6-15(2)7-13-19/h6-13,16,23H,4-5,14H2,1-3H3,(H,22,24)/t16-/m0/s1. The van der Waals surface area contributed by atoms with Crippen molar-refractivity contribution in [1.82, 2.24) is 5.32 Å². The normalized spacial score (nSPS) is 12.1. The first-order valence-corrected chi connectivity index (χ1v) is 10.9. The summed E-state index contributed by atoms with van der Waals surface area (Å²) < 4.78 is 32.4. The van der Waals surface area contributed by atoms with E-state index in [2.05, 4.69) is 10.0 Å². The van der Waals surface area contributed by atoms with Crippen LogP contribution < -0.4 is 10.0 Å². The first kappa shape index (κ1) is 22.4. The molecule has 0 bridgehead atoms. The lowest BCUT2D eigenvalue weighted by Crippen LogP contribution is -2.39. The molecule has 0 unspecified atom stereocenters.